The molecule has 2 amide bonds. The van der Waals surface area contributed by atoms with Gasteiger partial charge in [0.25, 0.3) is 11.8 Å². The highest BCUT2D eigenvalue weighted by atomic mass is 32.2. The Morgan fingerprint density at radius 2 is 2.15 bits per heavy atom. The van der Waals surface area contributed by atoms with Crippen LogP contribution >= 0.6 is 11.3 Å². The number of esters is 1. The highest BCUT2D eigenvalue weighted by molar-refractivity contribution is 7.91. The van der Waals surface area contributed by atoms with Gasteiger partial charge >= 0.3 is 5.97 Å². The lowest BCUT2D eigenvalue weighted by Crippen LogP contribution is -2.43. The molecule has 1 aliphatic rings. The summed E-state index contributed by atoms with van der Waals surface area (Å²) < 4.78 is 28.0. The zero-order chi connectivity index (χ0) is 19.2. The van der Waals surface area contributed by atoms with E-state index in [9.17, 15) is 22.8 Å². The van der Waals surface area contributed by atoms with Crippen molar-refractivity contribution in [3.63, 3.8) is 0 Å². The summed E-state index contributed by atoms with van der Waals surface area (Å²) in [6.45, 7) is 1.79. The molecule has 10 heteroatoms. The van der Waals surface area contributed by atoms with Crippen molar-refractivity contribution in [1.29, 1.82) is 0 Å². The van der Waals surface area contributed by atoms with E-state index >= 15 is 0 Å². The number of sulfone groups is 1. The van der Waals surface area contributed by atoms with E-state index in [0.29, 0.717) is 18.5 Å². The Hall–Kier alpha value is -1.94. The molecule has 1 atom stereocenters. The van der Waals surface area contributed by atoms with Crippen LogP contribution < -0.4 is 5.32 Å². The summed E-state index contributed by atoms with van der Waals surface area (Å²) >= 11 is 1.40. The second kappa shape index (κ2) is 9.13. The first-order valence-electron chi connectivity index (χ1n) is 8.28. The fourth-order valence-corrected chi connectivity index (χ4v) is 5.10. The molecular weight excluding hydrogens is 380 g/mol. The number of amides is 2. The summed E-state index contributed by atoms with van der Waals surface area (Å²) in [4.78, 5) is 37.1. The van der Waals surface area contributed by atoms with Gasteiger partial charge in [-0.2, -0.15) is 11.3 Å². The number of hydrogen-bond donors (Lipinski definition) is 1. The summed E-state index contributed by atoms with van der Waals surface area (Å²) in [7, 11) is -3.10. The van der Waals surface area contributed by atoms with E-state index in [1.54, 1.807) is 23.8 Å². The smallest absolute Gasteiger partial charge is 0.308 e. The molecular formula is C16H22N2O6S2. The van der Waals surface area contributed by atoms with Crippen LogP contribution in [-0.2, 0) is 24.2 Å². The number of ether oxygens (including phenoxy) is 1. The quantitative estimate of drug-likeness (QED) is 0.632. The third-order valence-electron chi connectivity index (χ3n) is 4.06. The maximum absolute atomic E-state index is 12.2. The average molecular weight is 402 g/mol. The van der Waals surface area contributed by atoms with Crippen LogP contribution in [0.2, 0.25) is 0 Å². The number of rotatable bonds is 8. The number of carbonyl (C=O) groups excluding carboxylic acids is 3. The molecule has 0 aromatic carbocycles. The maximum atomic E-state index is 12.2. The SMILES string of the molecule is CCN(C(=O)COC(=O)CCNC(=O)c1ccsc1)C1CCS(=O)(=O)C1. The standard InChI is InChI=1S/C16H22N2O6S2/c1-2-18(13-5-8-26(22,23)11-13)14(19)9-24-15(20)3-6-17-16(21)12-4-7-25-10-12/h4,7,10,13H,2-3,5-6,8-9,11H2,1H3,(H,17,21). The van der Waals surface area contributed by atoms with Crippen molar-refractivity contribution in [2.75, 3.05) is 31.2 Å². The number of nitrogens with zero attached hydrogens (tertiary/aromatic N) is 1. The Bertz CT molecular complexity index is 745. The average Bonchev–Trinajstić information content (AvgIpc) is 3.23. The van der Waals surface area contributed by atoms with Crippen molar-refractivity contribution >= 4 is 39.0 Å². The highest BCUT2D eigenvalue weighted by Gasteiger charge is 2.34. The predicted octanol–water partition coefficient (Wildman–Crippen LogP) is 0.447. The molecule has 8 nitrogen and oxygen atoms in total. The van der Waals surface area contributed by atoms with Crippen LogP contribution in [0.4, 0.5) is 0 Å². The van der Waals surface area contributed by atoms with Crippen molar-refractivity contribution in [2.45, 2.75) is 25.8 Å². The minimum absolute atomic E-state index is 0.0465. The van der Waals surface area contributed by atoms with Crippen LogP contribution in [0.5, 0.6) is 0 Å². The van der Waals surface area contributed by atoms with E-state index in [2.05, 4.69) is 5.32 Å². The number of carbonyl (C=O) groups is 3. The van der Waals surface area contributed by atoms with E-state index in [0.717, 1.165) is 0 Å². The molecule has 26 heavy (non-hydrogen) atoms. The third kappa shape index (κ3) is 5.80. The first-order chi connectivity index (χ1) is 12.3. The Morgan fingerprint density at radius 1 is 1.38 bits per heavy atom. The topological polar surface area (TPSA) is 110 Å². The molecule has 1 unspecified atom stereocenters. The van der Waals surface area contributed by atoms with E-state index in [1.807, 2.05) is 0 Å². The van der Waals surface area contributed by atoms with Crippen molar-refractivity contribution in [1.82, 2.24) is 10.2 Å². The number of nitrogens with one attached hydrogen (secondary N) is 1. The number of likely N-dealkylation sites (N-methyl/N-ethyl adjacent to an activating group) is 1. The van der Waals surface area contributed by atoms with E-state index in [1.165, 1.54) is 16.2 Å². The minimum atomic E-state index is -3.10. The molecule has 0 spiro atoms. The zero-order valence-corrected chi connectivity index (χ0v) is 16.1. The predicted molar refractivity (Wildman–Crippen MR) is 96.7 cm³/mol. The second-order valence-electron chi connectivity index (χ2n) is 5.92. The highest BCUT2D eigenvalue weighted by Crippen LogP contribution is 2.17. The van der Waals surface area contributed by atoms with Gasteiger partial charge in [-0.15, -0.1) is 0 Å². The minimum Gasteiger partial charge on any atom is -0.456 e. The molecule has 0 aliphatic carbocycles. The molecule has 1 fully saturated rings. The molecule has 2 heterocycles. The Labute approximate surface area is 156 Å². The molecule has 144 valence electrons. The monoisotopic (exact) mass is 402 g/mol. The molecule has 1 saturated heterocycles. The van der Waals surface area contributed by atoms with Crippen LogP contribution in [0.3, 0.4) is 0 Å². The van der Waals surface area contributed by atoms with Gasteiger partial charge < -0.3 is 15.0 Å². The first kappa shape index (κ1) is 20.4. The van der Waals surface area contributed by atoms with Gasteiger partial charge in [-0.3, -0.25) is 14.4 Å². The largest absolute Gasteiger partial charge is 0.456 e. The summed E-state index contributed by atoms with van der Waals surface area (Å²) in [5.41, 5.74) is 0.531. The van der Waals surface area contributed by atoms with Crippen LogP contribution in [0, 0.1) is 0 Å². The zero-order valence-electron chi connectivity index (χ0n) is 14.5. The summed E-state index contributed by atoms with van der Waals surface area (Å²) in [6.07, 6.45) is 0.359. The van der Waals surface area contributed by atoms with Crippen molar-refractivity contribution in [3.05, 3.63) is 22.4 Å². The van der Waals surface area contributed by atoms with Gasteiger partial charge in [0.05, 0.1) is 17.9 Å². The Kier molecular flexibility index (Phi) is 7.15. The summed E-state index contributed by atoms with van der Waals surface area (Å²) in [6, 6.07) is 1.32. The van der Waals surface area contributed by atoms with Gasteiger partial charge in [0.15, 0.2) is 16.4 Å². The van der Waals surface area contributed by atoms with E-state index in [-0.39, 0.29) is 36.4 Å². The van der Waals surface area contributed by atoms with Crippen molar-refractivity contribution in [3.8, 4) is 0 Å². The summed E-state index contributed by atoms with van der Waals surface area (Å²) in [5, 5.41) is 6.08. The van der Waals surface area contributed by atoms with E-state index in [4.69, 9.17) is 4.74 Å². The molecule has 1 aromatic rings. The Morgan fingerprint density at radius 3 is 2.73 bits per heavy atom. The second-order valence-corrected chi connectivity index (χ2v) is 8.92. The molecule has 1 aromatic heterocycles. The molecule has 1 aliphatic heterocycles. The van der Waals surface area contributed by atoms with Gasteiger partial charge in [-0.1, -0.05) is 0 Å². The van der Waals surface area contributed by atoms with Crippen molar-refractivity contribution in [2.24, 2.45) is 0 Å². The van der Waals surface area contributed by atoms with Gasteiger partial charge in [0.2, 0.25) is 0 Å². The molecule has 0 bridgehead atoms. The molecule has 1 N–H and O–H groups in total. The maximum Gasteiger partial charge on any atom is 0.308 e. The van der Waals surface area contributed by atoms with Gasteiger partial charge in [-0.05, 0) is 24.8 Å². The molecule has 0 saturated carbocycles. The van der Waals surface area contributed by atoms with Crippen molar-refractivity contribution < 1.29 is 27.5 Å². The van der Waals surface area contributed by atoms with Crippen LogP contribution in [0.15, 0.2) is 16.8 Å². The Balaban J connectivity index is 1.70. The lowest BCUT2D eigenvalue weighted by molar-refractivity contribution is -0.152. The number of hydrogen-bond acceptors (Lipinski definition) is 7. The molecule has 2 rings (SSSR count). The van der Waals surface area contributed by atoms with Gasteiger partial charge in [-0.25, -0.2) is 8.42 Å². The van der Waals surface area contributed by atoms with E-state index < -0.39 is 28.3 Å². The fourth-order valence-electron chi connectivity index (χ4n) is 2.73. The van der Waals surface area contributed by atoms with Crippen LogP contribution in [0.25, 0.3) is 0 Å². The summed E-state index contributed by atoms with van der Waals surface area (Å²) in [5.74, 6) is -1.25. The lowest BCUT2D eigenvalue weighted by Gasteiger charge is -2.26. The normalized spacial score (nSPS) is 18.3. The van der Waals surface area contributed by atoms with Crippen LogP contribution in [-0.4, -0.2) is 68.3 Å². The van der Waals surface area contributed by atoms with Gasteiger partial charge in [0, 0.05) is 30.1 Å². The molecule has 0 radical (unpaired) electrons. The lowest BCUT2D eigenvalue weighted by atomic mass is 10.2. The first-order valence-corrected chi connectivity index (χ1v) is 11.0. The third-order valence-corrected chi connectivity index (χ3v) is 6.50. The van der Waals surface area contributed by atoms with Gasteiger partial charge in [0.1, 0.15) is 0 Å². The van der Waals surface area contributed by atoms with Crippen LogP contribution in [0.1, 0.15) is 30.1 Å². The fraction of sp³-hybridized carbons (Fsp3) is 0.562. The number of thiophene rings is 1.